The van der Waals surface area contributed by atoms with E-state index in [1.54, 1.807) is 36.4 Å². The number of hydrogen-bond acceptors (Lipinski definition) is 4. The molecule has 0 aliphatic heterocycles. The fourth-order valence-corrected chi connectivity index (χ4v) is 16.4. The van der Waals surface area contributed by atoms with Crippen LogP contribution in [0.3, 0.4) is 0 Å². The lowest BCUT2D eigenvalue weighted by molar-refractivity contribution is 0.0976. The second kappa shape index (κ2) is 17.2. The van der Waals surface area contributed by atoms with Gasteiger partial charge in [-0.1, -0.05) is 167 Å². The molecule has 0 saturated carbocycles. The maximum absolute atomic E-state index is 15.2. The first kappa shape index (κ1) is 42.2. The molecule has 0 spiro atoms. The Labute approximate surface area is 390 Å². The molecule has 0 bridgehead atoms. The number of fused-ring (bicyclic) bond motifs is 2. The molecule has 8 aromatic rings. The van der Waals surface area contributed by atoms with Gasteiger partial charge >= 0.3 is 16.6 Å². The Morgan fingerprint density at radius 1 is 0.290 bits per heavy atom. The van der Waals surface area contributed by atoms with Gasteiger partial charge in [-0.3, -0.25) is 9.59 Å². The number of hydrogen-bond donors (Lipinski definition) is 0. The molecular weight excluding hydrogens is 933 g/mol. The summed E-state index contributed by atoms with van der Waals surface area (Å²) < 4.78 is 14.8. The van der Waals surface area contributed by atoms with Crippen LogP contribution in [0.15, 0.2) is 182 Å². The summed E-state index contributed by atoms with van der Waals surface area (Å²) in [6.07, 6.45) is 0. The first-order valence-electron chi connectivity index (χ1n) is 19.3. The quantitative estimate of drug-likeness (QED) is 0.101. The van der Waals surface area contributed by atoms with Gasteiger partial charge in [-0.25, -0.2) is 0 Å². The highest BCUT2D eigenvalue weighted by Gasteiger charge is 2.48. The van der Waals surface area contributed by atoms with Crippen molar-refractivity contribution in [2.45, 2.75) is 0 Å². The highest BCUT2D eigenvalue weighted by molar-refractivity contribution is 7.08. The summed E-state index contributed by atoms with van der Waals surface area (Å²) in [5.74, 6) is -0.287. The summed E-state index contributed by atoms with van der Waals surface area (Å²) in [5.41, 5.74) is 0.651. The number of ketones is 2. The maximum Gasteiger partial charge on any atom is 0.346 e. The van der Waals surface area contributed by atoms with Gasteiger partial charge in [0, 0.05) is 41.3 Å². The monoisotopic (exact) mass is 960 g/mol. The molecule has 0 amide bonds. The molecule has 1 aliphatic rings. The van der Waals surface area contributed by atoms with Crippen molar-refractivity contribution in [3.8, 4) is 11.5 Å². The zero-order valence-electron chi connectivity index (χ0n) is 32.2. The van der Waals surface area contributed by atoms with Crippen molar-refractivity contribution in [3.63, 3.8) is 0 Å². The van der Waals surface area contributed by atoms with Gasteiger partial charge in [0.05, 0.1) is 11.1 Å². The Hall–Kier alpha value is -5.13. The molecule has 1 aliphatic carbocycles. The van der Waals surface area contributed by atoms with E-state index in [9.17, 15) is 0 Å². The van der Waals surface area contributed by atoms with Crippen molar-refractivity contribution in [3.05, 3.63) is 234 Å². The molecule has 0 unspecified atom stereocenters. The molecule has 304 valence electrons. The van der Waals surface area contributed by atoms with Crippen molar-refractivity contribution in [1.82, 2.24) is 0 Å². The average Bonchev–Trinajstić information content (AvgIpc) is 3.28. The van der Waals surface area contributed by atoms with Crippen LogP contribution in [-0.4, -0.2) is 28.2 Å². The lowest BCUT2D eigenvalue weighted by Crippen LogP contribution is -2.71. The van der Waals surface area contributed by atoms with Crippen LogP contribution < -0.4 is 40.0 Å². The fourth-order valence-electron chi connectivity index (χ4n) is 8.14. The molecule has 0 saturated heterocycles. The first-order valence-corrected chi connectivity index (χ1v) is 25.4. The standard InChI is InChI=1S/C50H30Cl6O4Si2/c51-31-7-19-37(20-8-31)61(38-21-9-32(52)10-22-38,39-23-11-33(53)12-24-39)59-45-5-1-3-43-47(45)50(58)44-4-2-6-46(48(44)49(43)57)60-62(40-25-13-34(54)14-26-40,41-27-15-35(55)16-28-41)42-29-17-36(56)18-30-42/h1-30H. The Morgan fingerprint density at radius 2 is 0.500 bits per heavy atom. The third kappa shape index (κ3) is 7.59. The summed E-state index contributed by atoms with van der Waals surface area (Å²) in [7, 11) is -7.18. The predicted octanol–water partition coefficient (Wildman–Crippen LogP) is 10.5. The van der Waals surface area contributed by atoms with Crippen molar-refractivity contribution >= 4 is 129 Å². The lowest BCUT2D eigenvalue weighted by atomic mass is 9.83. The molecule has 62 heavy (non-hydrogen) atoms. The van der Waals surface area contributed by atoms with Crippen LogP contribution in [0.4, 0.5) is 0 Å². The average molecular weight is 964 g/mol. The predicted molar refractivity (Wildman–Crippen MR) is 259 cm³/mol. The summed E-state index contributed by atoms with van der Waals surface area (Å²) in [5, 5.41) is 8.30. The van der Waals surface area contributed by atoms with Gasteiger partial charge in [-0.2, -0.15) is 0 Å². The van der Waals surface area contributed by atoms with E-state index in [2.05, 4.69) is 0 Å². The highest BCUT2D eigenvalue weighted by Crippen LogP contribution is 2.39. The Kier molecular flexibility index (Phi) is 11.7. The topological polar surface area (TPSA) is 52.6 Å². The van der Waals surface area contributed by atoms with Crippen LogP contribution in [0.5, 0.6) is 11.5 Å². The second-order valence-corrected chi connectivity index (χ2v) is 23.8. The molecule has 0 N–H and O–H groups in total. The molecule has 12 heteroatoms. The van der Waals surface area contributed by atoms with E-state index < -0.39 is 28.2 Å². The number of carbonyl (C=O) groups is 2. The summed E-state index contributed by atoms with van der Waals surface area (Å²) in [6, 6.07) is 55.1. The minimum Gasteiger partial charge on any atom is -0.530 e. The number of carbonyl (C=O) groups excluding carboxylic acids is 2. The smallest absolute Gasteiger partial charge is 0.346 e. The van der Waals surface area contributed by atoms with Crippen LogP contribution in [-0.2, 0) is 0 Å². The minimum atomic E-state index is -3.59. The molecule has 9 rings (SSSR count). The van der Waals surface area contributed by atoms with Gasteiger partial charge in [0.25, 0.3) is 0 Å². The maximum atomic E-state index is 15.2. The zero-order chi connectivity index (χ0) is 43.2. The largest absolute Gasteiger partial charge is 0.530 e. The van der Waals surface area contributed by atoms with Gasteiger partial charge in [-0.05, 0) is 116 Å². The minimum absolute atomic E-state index is 0.146. The fraction of sp³-hybridized carbons (Fsp3) is 0. The lowest BCUT2D eigenvalue weighted by Gasteiger charge is -2.36. The number of benzene rings is 8. The van der Waals surface area contributed by atoms with E-state index in [1.165, 1.54) is 0 Å². The van der Waals surface area contributed by atoms with Crippen molar-refractivity contribution in [2.75, 3.05) is 0 Å². The van der Waals surface area contributed by atoms with Crippen molar-refractivity contribution < 1.29 is 18.4 Å². The molecule has 0 fully saturated rings. The highest BCUT2D eigenvalue weighted by atomic mass is 35.5. The third-order valence-corrected chi connectivity index (χ3v) is 20.5. The van der Waals surface area contributed by atoms with E-state index in [4.69, 9.17) is 78.5 Å². The van der Waals surface area contributed by atoms with E-state index in [0.717, 1.165) is 31.1 Å². The Balaban J connectivity index is 1.23. The van der Waals surface area contributed by atoms with E-state index >= 15 is 9.59 Å². The van der Waals surface area contributed by atoms with Gasteiger partial charge < -0.3 is 8.85 Å². The Morgan fingerprint density at radius 3 is 0.710 bits per heavy atom. The van der Waals surface area contributed by atoms with Crippen LogP contribution in [0.25, 0.3) is 0 Å². The summed E-state index contributed by atoms with van der Waals surface area (Å²) in [4.78, 5) is 30.4. The van der Waals surface area contributed by atoms with Gasteiger partial charge in [0.1, 0.15) is 11.5 Å². The molecule has 0 atom stereocenters. The van der Waals surface area contributed by atoms with E-state index in [-0.39, 0.29) is 33.8 Å². The summed E-state index contributed by atoms with van der Waals surface area (Å²) >= 11 is 38.7. The Bertz CT molecular complexity index is 2550. The zero-order valence-corrected chi connectivity index (χ0v) is 38.8. The summed E-state index contributed by atoms with van der Waals surface area (Å²) in [6.45, 7) is 0. The molecule has 4 nitrogen and oxygen atoms in total. The van der Waals surface area contributed by atoms with Crippen LogP contribution >= 0.6 is 69.6 Å². The molecule has 0 aromatic heterocycles. The third-order valence-electron chi connectivity index (χ3n) is 11.0. The van der Waals surface area contributed by atoms with Crippen LogP contribution in [0.1, 0.15) is 31.8 Å². The second-order valence-electron chi connectivity index (χ2n) is 14.6. The normalized spacial score (nSPS) is 12.4. The van der Waals surface area contributed by atoms with Crippen LogP contribution in [0, 0.1) is 0 Å². The SMILES string of the molecule is O=C1c2cccc(O[Si](c3ccc(Cl)cc3)(c3ccc(Cl)cc3)c3ccc(Cl)cc3)c2C(=O)c2cccc(O[Si](c3ccc(Cl)cc3)(c3ccc(Cl)cc3)c3ccc(Cl)cc3)c21. The van der Waals surface area contributed by atoms with Gasteiger partial charge in [0.15, 0.2) is 11.6 Å². The van der Waals surface area contributed by atoms with E-state index in [1.807, 2.05) is 146 Å². The molecule has 0 radical (unpaired) electrons. The molecular formula is C50H30Cl6O4Si2. The van der Waals surface area contributed by atoms with Crippen LogP contribution in [0.2, 0.25) is 30.1 Å². The first-order chi connectivity index (χ1) is 30.0. The number of halogens is 6. The number of rotatable bonds is 10. The van der Waals surface area contributed by atoms with Gasteiger partial charge in [0.2, 0.25) is 0 Å². The van der Waals surface area contributed by atoms with E-state index in [0.29, 0.717) is 30.1 Å². The van der Waals surface area contributed by atoms with Gasteiger partial charge in [-0.15, -0.1) is 0 Å². The molecule has 0 heterocycles. The van der Waals surface area contributed by atoms with Crippen molar-refractivity contribution in [1.29, 1.82) is 0 Å². The molecule has 8 aromatic carbocycles. The van der Waals surface area contributed by atoms with Crippen molar-refractivity contribution in [2.24, 2.45) is 0 Å².